The molecule has 86 valence electrons. The van der Waals surface area contributed by atoms with E-state index in [1.807, 2.05) is 4.90 Å². The molecule has 0 aromatic rings. The number of nitrogens with one attached hydrogen (secondary N) is 1. The first kappa shape index (κ1) is 10.9. The van der Waals surface area contributed by atoms with Gasteiger partial charge in [-0.25, -0.2) is 0 Å². The summed E-state index contributed by atoms with van der Waals surface area (Å²) >= 11 is 0. The Morgan fingerprint density at radius 1 is 1.27 bits per heavy atom. The highest BCUT2D eigenvalue weighted by molar-refractivity contribution is 5.84. The van der Waals surface area contributed by atoms with Crippen LogP contribution in [0, 0.1) is 5.92 Å². The van der Waals surface area contributed by atoms with Crippen molar-refractivity contribution in [3.8, 4) is 0 Å². The lowest BCUT2D eigenvalue weighted by Gasteiger charge is -2.22. The minimum absolute atomic E-state index is 0.0861. The summed E-state index contributed by atoms with van der Waals surface area (Å²) in [6, 6.07) is 0.953. The zero-order valence-electron chi connectivity index (χ0n) is 9.99. The Bertz CT molecular complexity index is 248. The van der Waals surface area contributed by atoms with Gasteiger partial charge in [0.2, 0.25) is 5.91 Å². The molecule has 2 atom stereocenters. The maximum Gasteiger partial charge on any atom is 0.240 e. The van der Waals surface area contributed by atoms with Gasteiger partial charge in [-0.1, -0.05) is 0 Å². The highest BCUT2D eigenvalue weighted by Crippen LogP contribution is 2.33. The molecule has 1 aliphatic carbocycles. The molecule has 0 bridgehead atoms. The lowest BCUT2D eigenvalue weighted by molar-refractivity contribution is -0.130. The van der Waals surface area contributed by atoms with E-state index in [-0.39, 0.29) is 6.04 Å². The molecule has 2 rings (SSSR count). The lowest BCUT2D eigenvalue weighted by Crippen LogP contribution is -2.44. The quantitative estimate of drug-likeness (QED) is 0.760. The van der Waals surface area contributed by atoms with Gasteiger partial charge >= 0.3 is 0 Å². The Hall–Kier alpha value is -0.570. The van der Waals surface area contributed by atoms with Gasteiger partial charge in [0.1, 0.15) is 0 Å². The van der Waals surface area contributed by atoms with Gasteiger partial charge in [-0.2, -0.15) is 0 Å². The molecule has 1 saturated carbocycles. The molecule has 0 aromatic heterocycles. The van der Waals surface area contributed by atoms with E-state index >= 15 is 0 Å². The van der Waals surface area contributed by atoms with Gasteiger partial charge in [0.05, 0.1) is 6.04 Å². The van der Waals surface area contributed by atoms with Crippen molar-refractivity contribution in [3.05, 3.63) is 0 Å². The molecule has 1 heterocycles. The van der Waals surface area contributed by atoms with E-state index < -0.39 is 0 Å². The largest absolute Gasteiger partial charge is 0.339 e. The number of rotatable bonds is 4. The Kier molecular flexibility index (Phi) is 3.01. The average molecular weight is 210 g/mol. The molecule has 0 radical (unpaired) electrons. The Balaban J connectivity index is 1.86. The maximum atomic E-state index is 12.0. The Morgan fingerprint density at radius 3 is 2.40 bits per heavy atom. The summed E-state index contributed by atoms with van der Waals surface area (Å²) in [5, 5.41) is 3.48. The second kappa shape index (κ2) is 4.12. The summed E-state index contributed by atoms with van der Waals surface area (Å²) < 4.78 is 0. The summed E-state index contributed by atoms with van der Waals surface area (Å²) in [5.41, 5.74) is 0. The van der Waals surface area contributed by atoms with Gasteiger partial charge in [-0.05, 0) is 46.0 Å². The number of likely N-dealkylation sites (tertiary alicyclic amines) is 1. The van der Waals surface area contributed by atoms with Crippen LogP contribution >= 0.6 is 0 Å². The number of hydrogen-bond donors (Lipinski definition) is 1. The zero-order valence-corrected chi connectivity index (χ0v) is 9.99. The highest BCUT2D eigenvalue weighted by atomic mass is 16.2. The Morgan fingerprint density at radius 2 is 1.93 bits per heavy atom. The van der Waals surface area contributed by atoms with Crippen molar-refractivity contribution in [2.24, 2.45) is 5.92 Å². The third-order valence-corrected chi connectivity index (χ3v) is 3.66. The predicted octanol–water partition coefficient (Wildman–Crippen LogP) is 1.38. The van der Waals surface area contributed by atoms with Crippen molar-refractivity contribution in [2.45, 2.75) is 58.2 Å². The fourth-order valence-electron chi connectivity index (χ4n) is 2.42. The number of carbonyl (C=O) groups excluding carboxylic acids is 1. The van der Waals surface area contributed by atoms with Crippen LogP contribution in [0.4, 0.5) is 0 Å². The van der Waals surface area contributed by atoms with Crippen LogP contribution in [0.5, 0.6) is 0 Å². The first-order valence-electron chi connectivity index (χ1n) is 6.16. The summed E-state index contributed by atoms with van der Waals surface area (Å²) in [6.45, 7) is 7.31. The van der Waals surface area contributed by atoms with Gasteiger partial charge in [0, 0.05) is 18.6 Å². The van der Waals surface area contributed by atoms with Crippen molar-refractivity contribution in [1.82, 2.24) is 10.2 Å². The summed E-state index contributed by atoms with van der Waals surface area (Å²) in [7, 11) is 0. The van der Waals surface area contributed by atoms with Crippen molar-refractivity contribution in [1.29, 1.82) is 0 Å². The summed E-state index contributed by atoms with van der Waals surface area (Å²) in [5.74, 6) is 1.13. The molecular formula is C12H22N2O. The molecule has 2 fully saturated rings. The van der Waals surface area contributed by atoms with Crippen molar-refractivity contribution in [3.63, 3.8) is 0 Å². The summed E-state index contributed by atoms with van der Waals surface area (Å²) in [4.78, 5) is 14.0. The molecule has 3 heteroatoms. The van der Waals surface area contributed by atoms with Gasteiger partial charge in [0.25, 0.3) is 0 Å². The fourth-order valence-corrected chi connectivity index (χ4v) is 2.42. The topological polar surface area (TPSA) is 32.3 Å². The van der Waals surface area contributed by atoms with Crippen LogP contribution in [-0.2, 0) is 4.79 Å². The molecule has 0 spiro atoms. The molecule has 1 aliphatic heterocycles. The van der Waals surface area contributed by atoms with Crippen LogP contribution in [0.25, 0.3) is 0 Å². The molecular weight excluding hydrogens is 188 g/mol. The maximum absolute atomic E-state index is 12.0. The summed E-state index contributed by atoms with van der Waals surface area (Å²) in [6.07, 6.45) is 3.65. The van der Waals surface area contributed by atoms with E-state index in [1.165, 1.54) is 12.8 Å². The number of carbonyl (C=O) groups is 1. The van der Waals surface area contributed by atoms with Crippen LogP contribution in [-0.4, -0.2) is 35.5 Å². The predicted molar refractivity (Wildman–Crippen MR) is 60.6 cm³/mol. The third-order valence-electron chi connectivity index (χ3n) is 3.66. The fraction of sp³-hybridized carbons (Fsp3) is 0.917. The molecule has 1 saturated heterocycles. The average Bonchev–Trinajstić information content (AvgIpc) is 2.94. The number of nitrogens with zero attached hydrogens (tertiary/aromatic N) is 1. The van der Waals surface area contributed by atoms with Crippen molar-refractivity contribution >= 4 is 5.91 Å². The highest BCUT2D eigenvalue weighted by Gasteiger charge is 2.36. The second-order valence-electron chi connectivity index (χ2n) is 5.26. The van der Waals surface area contributed by atoms with E-state index in [0.29, 0.717) is 18.0 Å². The van der Waals surface area contributed by atoms with Crippen LogP contribution < -0.4 is 5.32 Å². The Labute approximate surface area is 92.2 Å². The number of amides is 1. The van der Waals surface area contributed by atoms with E-state index in [9.17, 15) is 4.79 Å². The van der Waals surface area contributed by atoms with E-state index in [4.69, 9.17) is 0 Å². The normalized spacial score (nSPS) is 28.9. The van der Waals surface area contributed by atoms with Gasteiger partial charge in [-0.15, -0.1) is 0 Å². The van der Waals surface area contributed by atoms with Gasteiger partial charge in [-0.3, -0.25) is 4.79 Å². The molecule has 1 N–H and O–H groups in total. The molecule has 3 nitrogen and oxygen atoms in total. The first-order chi connectivity index (χ1) is 7.09. The van der Waals surface area contributed by atoms with Gasteiger partial charge < -0.3 is 10.2 Å². The molecule has 1 amide bonds. The molecule has 0 aromatic carbocycles. The van der Waals surface area contributed by atoms with Crippen LogP contribution in [0.1, 0.15) is 40.0 Å². The van der Waals surface area contributed by atoms with Crippen LogP contribution in [0.3, 0.4) is 0 Å². The second-order valence-corrected chi connectivity index (χ2v) is 5.26. The molecule has 2 unspecified atom stereocenters. The standard InChI is InChI=1S/C12H22N2O/c1-8(2)14-7-6-11(12(14)15)13-9(3)10-4-5-10/h8-11,13H,4-7H2,1-3H3. The molecule has 2 aliphatic rings. The third kappa shape index (κ3) is 2.33. The van der Waals surface area contributed by atoms with E-state index in [1.54, 1.807) is 0 Å². The van der Waals surface area contributed by atoms with E-state index in [2.05, 4.69) is 26.1 Å². The van der Waals surface area contributed by atoms with Crippen molar-refractivity contribution < 1.29 is 4.79 Å². The number of hydrogen-bond acceptors (Lipinski definition) is 2. The minimum atomic E-state index is 0.0861. The zero-order chi connectivity index (χ0) is 11.0. The van der Waals surface area contributed by atoms with Crippen LogP contribution in [0.15, 0.2) is 0 Å². The van der Waals surface area contributed by atoms with Crippen LogP contribution in [0.2, 0.25) is 0 Å². The SMILES string of the molecule is CC(NC1CCN(C(C)C)C1=O)C1CC1. The van der Waals surface area contributed by atoms with Gasteiger partial charge in [0.15, 0.2) is 0 Å². The lowest BCUT2D eigenvalue weighted by atomic mass is 10.1. The van der Waals surface area contributed by atoms with E-state index in [0.717, 1.165) is 18.9 Å². The smallest absolute Gasteiger partial charge is 0.240 e. The molecule has 15 heavy (non-hydrogen) atoms. The monoisotopic (exact) mass is 210 g/mol. The first-order valence-corrected chi connectivity index (χ1v) is 6.16. The minimum Gasteiger partial charge on any atom is -0.339 e. The van der Waals surface area contributed by atoms with Crippen molar-refractivity contribution in [2.75, 3.05) is 6.54 Å².